The number of rotatable bonds is 3. The fourth-order valence-corrected chi connectivity index (χ4v) is 1.71. The molecule has 0 aromatic carbocycles. The van der Waals surface area contributed by atoms with Crippen LogP contribution >= 0.6 is 0 Å². The predicted octanol–water partition coefficient (Wildman–Crippen LogP) is 1.71. The molecule has 1 aliphatic rings. The van der Waals surface area contributed by atoms with Crippen LogP contribution in [0.2, 0.25) is 0 Å². The summed E-state index contributed by atoms with van der Waals surface area (Å²) in [5.41, 5.74) is 3.78. The molecule has 4 heteroatoms. The van der Waals surface area contributed by atoms with Crippen LogP contribution in [0.3, 0.4) is 0 Å². The maximum Gasteiger partial charge on any atom is 0.0810 e. The molecule has 0 saturated heterocycles. The summed E-state index contributed by atoms with van der Waals surface area (Å²) < 4.78 is 5.04. The summed E-state index contributed by atoms with van der Waals surface area (Å²) in [6.07, 6.45) is 0. The molecular weight excluding hydrogens is 190 g/mol. The van der Waals surface area contributed by atoms with Crippen LogP contribution in [0, 0.1) is 6.92 Å². The smallest absolute Gasteiger partial charge is 0.0810 e. The van der Waals surface area contributed by atoms with Gasteiger partial charge in [-0.25, -0.2) is 0 Å². The van der Waals surface area contributed by atoms with Crippen molar-refractivity contribution in [1.29, 1.82) is 0 Å². The Hall–Kier alpha value is -0.870. The molecular formula is C11H21N3O. The number of H-pyrrole nitrogens is 1. The number of methoxy groups -OCH3 is 1. The van der Waals surface area contributed by atoms with Gasteiger partial charge in [-0.3, -0.25) is 10.00 Å². The summed E-state index contributed by atoms with van der Waals surface area (Å²) in [5, 5.41) is 7.25. The summed E-state index contributed by atoms with van der Waals surface area (Å²) in [4.78, 5) is 2.35. The molecule has 0 spiro atoms. The zero-order valence-electron chi connectivity index (χ0n) is 10.1. The first-order valence-corrected chi connectivity index (χ1v) is 5.55. The lowest BCUT2D eigenvalue weighted by Crippen LogP contribution is -2.21. The van der Waals surface area contributed by atoms with Crippen molar-refractivity contribution in [3.05, 3.63) is 17.0 Å². The second-order valence-corrected chi connectivity index (χ2v) is 3.48. The second-order valence-electron chi connectivity index (χ2n) is 3.48. The van der Waals surface area contributed by atoms with Crippen LogP contribution in [0.15, 0.2) is 0 Å². The molecule has 0 atom stereocenters. The van der Waals surface area contributed by atoms with E-state index >= 15 is 0 Å². The first-order chi connectivity index (χ1) is 7.31. The van der Waals surface area contributed by atoms with Gasteiger partial charge in [0.1, 0.15) is 0 Å². The molecule has 15 heavy (non-hydrogen) atoms. The third-order valence-electron chi connectivity index (χ3n) is 2.53. The highest BCUT2D eigenvalue weighted by molar-refractivity contribution is 5.27. The number of fused-ring (bicyclic) bond motifs is 1. The van der Waals surface area contributed by atoms with Crippen molar-refractivity contribution < 1.29 is 4.74 Å². The van der Waals surface area contributed by atoms with Gasteiger partial charge in [0.2, 0.25) is 0 Å². The van der Waals surface area contributed by atoms with E-state index in [0.29, 0.717) is 0 Å². The highest BCUT2D eigenvalue weighted by Gasteiger charge is 2.22. The first kappa shape index (κ1) is 12.2. The standard InChI is InChI=1S/C9H15N3O.C2H6/c1-7-8-5-12(3-4-13-2)6-9(8)11-10-7;1-2/h3-6H2,1-2H3,(H,10,11);1-2H3. The van der Waals surface area contributed by atoms with Gasteiger partial charge in [0.05, 0.1) is 12.3 Å². The van der Waals surface area contributed by atoms with Gasteiger partial charge in [0.15, 0.2) is 0 Å². The topological polar surface area (TPSA) is 41.1 Å². The zero-order chi connectivity index (χ0) is 11.3. The number of nitrogens with one attached hydrogen (secondary N) is 1. The average Bonchev–Trinajstić information content (AvgIpc) is 2.81. The largest absolute Gasteiger partial charge is 0.383 e. The minimum absolute atomic E-state index is 0.799. The van der Waals surface area contributed by atoms with Crippen LogP contribution in [-0.2, 0) is 17.8 Å². The Morgan fingerprint density at radius 1 is 1.40 bits per heavy atom. The van der Waals surface area contributed by atoms with Gasteiger partial charge in [-0.05, 0) is 6.92 Å². The molecule has 0 unspecified atom stereocenters. The number of hydrogen-bond donors (Lipinski definition) is 1. The molecule has 2 heterocycles. The SMILES string of the molecule is CC.COCCN1Cc2n[nH]c(C)c2C1. The van der Waals surface area contributed by atoms with Crippen LogP contribution < -0.4 is 0 Å². The van der Waals surface area contributed by atoms with Crippen LogP contribution in [0.4, 0.5) is 0 Å². The monoisotopic (exact) mass is 211 g/mol. The molecule has 0 amide bonds. The van der Waals surface area contributed by atoms with Gasteiger partial charge in [-0.1, -0.05) is 13.8 Å². The van der Waals surface area contributed by atoms with Crippen LogP contribution in [0.1, 0.15) is 30.8 Å². The number of ether oxygens (including phenoxy) is 1. The zero-order valence-corrected chi connectivity index (χ0v) is 10.1. The summed E-state index contributed by atoms with van der Waals surface area (Å²) in [6, 6.07) is 0. The molecule has 0 saturated carbocycles. The summed E-state index contributed by atoms with van der Waals surface area (Å²) >= 11 is 0. The van der Waals surface area contributed by atoms with Gasteiger partial charge in [-0.2, -0.15) is 5.10 Å². The number of aryl methyl sites for hydroxylation is 1. The molecule has 2 rings (SSSR count). The lowest BCUT2D eigenvalue weighted by molar-refractivity contribution is 0.147. The van der Waals surface area contributed by atoms with E-state index in [1.165, 1.54) is 17.0 Å². The Labute approximate surface area is 91.6 Å². The van der Waals surface area contributed by atoms with Crippen LogP contribution in [0.25, 0.3) is 0 Å². The van der Waals surface area contributed by atoms with Crippen LogP contribution in [-0.4, -0.2) is 35.4 Å². The third-order valence-corrected chi connectivity index (χ3v) is 2.53. The number of hydrogen-bond acceptors (Lipinski definition) is 3. The van der Waals surface area contributed by atoms with E-state index in [2.05, 4.69) is 22.0 Å². The number of aromatic nitrogens is 2. The molecule has 86 valence electrons. The van der Waals surface area contributed by atoms with Gasteiger partial charge < -0.3 is 4.74 Å². The Bertz CT molecular complexity index is 296. The average molecular weight is 211 g/mol. The van der Waals surface area contributed by atoms with E-state index in [9.17, 15) is 0 Å². The number of aromatic amines is 1. The number of nitrogens with zero attached hydrogens (tertiary/aromatic N) is 2. The van der Waals surface area contributed by atoms with Crippen molar-refractivity contribution in [3.8, 4) is 0 Å². The van der Waals surface area contributed by atoms with Crippen molar-refractivity contribution >= 4 is 0 Å². The highest BCUT2D eigenvalue weighted by Crippen LogP contribution is 2.22. The Kier molecular flexibility index (Phi) is 4.78. The van der Waals surface area contributed by atoms with Gasteiger partial charge in [0, 0.05) is 38.0 Å². The molecule has 0 aliphatic carbocycles. The van der Waals surface area contributed by atoms with Crippen molar-refractivity contribution in [2.24, 2.45) is 0 Å². The normalized spacial score (nSPS) is 14.7. The van der Waals surface area contributed by atoms with Crippen molar-refractivity contribution in [3.63, 3.8) is 0 Å². The molecule has 1 aromatic heterocycles. The predicted molar refractivity (Wildman–Crippen MR) is 60.7 cm³/mol. The summed E-state index contributed by atoms with van der Waals surface area (Å²) in [5.74, 6) is 0. The fraction of sp³-hybridized carbons (Fsp3) is 0.727. The maximum atomic E-state index is 5.04. The molecule has 1 aliphatic heterocycles. The minimum atomic E-state index is 0.799. The van der Waals surface area contributed by atoms with E-state index in [1.807, 2.05) is 13.8 Å². The summed E-state index contributed by atoms with van der Waals surface area (Å²) in [6.45, 7) is 9.84. The van der Waals surface area contributed by atoms with E-state index in [-0.39, 0.29) is 0 Å². The Balaban J connectivity index is 0.000000531. The van der Waals surface area contributed by atoms with Gasteiger partial charge in [-0.15, -0.1) is 0 Å². The Morgan fingerprint density at radius 2 is 2.13 bits per heavy atom. The third kappa shape index (κ3) is 2.79. The summed E-state index contributed by atoms with van der Waals surface area (Å²) in [7, 11) is 1.74. The molecule has 0 radical (unpaired) electrons. The molecule has 0 bridgehead atoms. The lowest BCUT2D eigenvalue weighted by atomic mass is 10.2. The highest BCUT2D eigenvalue weighted by atomic mass is 16.5. The van der Waals surface area contributed by atoms with Gasteiger partial charge in [0.25, 0.3) is 0 Å². The molecule has 1 aromatic rings. The van der Waals surface area contributed by atoms with E-state index in [1.54, 1.807) is 7.11 Å². The fourth-order valence-electron chi connectivity index (χ4n) is 1.71. The van der Waals surface area contributed by atoms with E-state index in [0.717, 1.165) is 26.2 Å². The second kappa shape index (κ2) is 5.88. The molecule has 1 N–H and O–H groups in total. The van der Waals surface area contributed by atoms with Crippen LogP contribution in [0.5, 0.6) is 0 Å². The van der Waals surface area contributed by atoms with E-state index in [4.69, 9.17) is 4.74 Å². The minimum Gasteiger partial charge on any atom is -0.383 e. The maximum absolute atomic E-state index is 5.04. The molecule has 0 fully saturated rings. The van der Waals surface area contributed by atoms with Gasteiger partial charge >= 0.3 is 0 Å². The van der Waals surface area contributed by atoms with Crippen molar-refractivity contribution in [2.45, 2.75) is 33.9 Å². The van der Waals surface area contributed by atoms with E-state index < -0.39 is 0 Å². The molecule has 4 nitrogen and oxygen atoms in total. The Morgan fingerprint density at radius 3 is 2.73 bits per heavy atom. The van der Waals surface area contributed by atoms with Crippen molar-refractivity contribution in [1.82, 2.24) is 15.1 Å². The lowest BCUT2D eigenvalue weighted by Gasteiger charge is -2.13. The van der Waals surface area contributed by atoms with Crippen molar-refractivity contribution in [2.75, 3.05) is 20.3 Å². The quantitative estimate of drug-likeness (QED) is 0.827. The first-order valence-electron chi connectivity index (χ1n) is 5.55.